The topological polar surface area (TPSA) is 55.1 Å². The van der Waals surface area contributed by atoms with Crippen molar-refractivity contribution >= 4 is 57.2 Å². The fraction of sp³-hybridized carbons (Fsp3) is 0.0476. The summed E-state index contributed by atoms with van der Waals surface area (Å²) < 4.78 is 5.66. The average Bonchev–Trinajstić information content (AvgIpc) is 3.36. The van der Waals surface area contributed by atoms with Crippen LogP contribution in [0.3, 0.4) is 0 Å². The number of carbonyl (C=O) groups is 1. The number of nitrogens with one attached hydrogen (secondary N) is 1. The molecule has 1 amide bonds. The minimum Gasteiger partial charge on any atom is -0.451 e. The highest BCUT2D eigenvalue weighted by Gasteiger charge is 2.15. The number of hydrogen-bond acceptors (Lipinski definition) is 4. The standard InChI is InChI=1S/C21H13Cl3N2O2S/c22-14-4-1-12(2-5-14)9-15-11-25-21(29-15)26-20(27)19-8-7-18(28-19)13-3-6-16(23)17(24)10-13/h1-8,10-11H,9H2,(H,25,26,27). The Bertz CT molecular complexity index is 1170. The SMILES string of the molecule is O=C(Nc1ncc(Cc2ccc(Cl)cc2)s1)c1ccc(-c2ccc(Cl)c(Cl)c2)o1. The summed E-state index contributed by atoms with van der Waals surface area (Å²) in [7, 11) is 0. The summed E-state index contributed by atoms with van der Waals surface area (Å²) in [5.41, 5.74) is 1.85. The molecule has 0 spiro atoms. The quantitative estimate of drug-likeness (QED) is 0.340. The Labute approximate surface area is 186 Å². The van der Waals surface area contributed by atoms with Crippen LogP contribution in [0.1, 0.15) is 21.0 Å². The maximum atomic E-state index is 12.5. The Kier molecular flexibility index (Phi) is 5.92. The Balaban J connectivity index is 1.43. The summed E-state index contributed by atoms with van der Waals surface area (Å²) in [6.07, 6.45) is 2.46. The molecule has 2 aromatic carbocycles. The van der Waals surface area contributed by atoms with Crippen molar-refractivity contribution in [3.05, 3.63) is 92.1 Å². The van der Waals surface area contributed by atoms with Crippen molar-refractivity contribution in [1.29, 1.82) is 0 Å². The van der Waals surface area contributed by atoms with Crippen molar-refractivity contribution in [2.24, 2.45) is 0 Å². The number of aromatic nitrogens is 1. The van der Waals surface area contributed by atoms with Gasteiger partial charge in [0.1, 0.15) is 5.76 Å². The molecular weight excluding hydrogens is 451 g/mol. The van der Waals surface area contributed by atoms with E-state index in [0.29, 0.717) is 32.4 Å². The lowest BCUT2D eigenvalue weighted by atomic mass is 10.1. The van der Waals surface area contributed by atoms with Gasteiger partial charge in [0.15, 0.2) is 10.9 Å². The Morgan fingerprint density at radius 3 is 2.55 bits per heavy atom. The predicted molar refractivity (Wildman–Crippen MR) is 118 cm³/mol. The van der Waals surface area contributed by atoms with E-state index in [4.69, 9.17) is 39.2 Å². The maximum absolute atomic E-state index is 12.5. The number of furan rings is 1. The molecule has 1 N–H and O–H groups in total. The summed E-state index contributed by atoms with van der Waals surface area (Å²) in [6.45, 7) is 0. The lowest BCUT2D eigenvalue weighted by Crippen LogP contribution is -2.10. The second kappa shape index (κ2) is 8.59. The van der Waals surface area contributed by atoms with Crippen LogP contribution in [0.15, 0.2) is 65.2 Å². The number of rotatable bonds is 5. The third-order valence-corrected chi connectivity index (χ3v) is 6.00. The zero-order valence-corrected chi connectivity index (χ0v) is 17.9. The molecule has 0 saturated heterocycles. The van der Waals surface area contributed by atoms with Gasteiger partial charge in [-0.3, -0.25) is 10.1 Å². The summed E-state index contributed by atoms with van der Waals surface area (Å²) in [5.74, 6) is 0.334. The molecule has 0 saturated carbocycles. The van der Waals surface area contributed by atoms with Gasteiger partial charge in [0.25, 0.3) is 5.91 Å². The Hall–Kier alpha value is -2.31. The van der Waals surface area contributed by atoms with E-state index >= 15 is 0 Å². The monoisotopic (exact) mass is 462 g/mol. The van der Waals surface area contributed by atoms with Crippen LogP contribution in [-0.4, -0.2) is 10.9 Å². The summed E-state index contributed by atoms with van der Waals surface area (Å²) >= 11 is 19.3. The Morgan fingerprint density at radius 1 is 1.00 bits per heavy atom. The molecule has 2 heterocycles. The van der Waals surface area contributed by atoms with Crippen molar-refractivity contribution < 1.29 is 9.21 Å². The molecule has 146 valence electrons. The largest absolute Gasteiger partial charge is 0.451 e. The molecule has 0 bridgehead atoms. The second-order valence-corrected chi connectivity index (χ2v) is 8.55. The molecule has 29 heavy (non-hydrogen) atoms. The van der Waals surface area contributed by atoms with Gasteiger partial charge in [0, 0.05) is 28.1 Å². The van der Waals surface area contributed by atoms with E-state index in [2.05, 4.69) is 10.3 Å². The summed E-state index contributed by atoms with van der Waals surface area (Å²) in [5, 5.41) is 4.85. The number of thiazole rings is 1. The molecule has 0 aliphatic rings. The molecule has 0 fully saturated rings. The third kappa shape index (κ3) is 4.82. The first-order valence-electron chi connectivity index (χ1n) is 8.54. The first kappa shape index (κ1) is 20.0. The van der Waals surface area contributed by atoms with Gasteiger partial charge in [-0.15, -0.1) is 11.3 Å². The van der Waals surface area contributed by atoms with Gasteiger partial charge >= 0.3 is 0 Å². The van der Waals surface area contributed by atoms with Crippen LogP contribution in [0, 0.1) is 0 Å². The van der Waals surface area contributed by atoms with Gasteiger partial charge in [-0.05, 0) is 48.0 Å². The van der Waals surface area contributed by atoms with Gasteiger partial charge in [-0.1, -0.05) is 46.9 Å². The number of amides is 1. The molecule has 0 unspecified atom stereocenters. The van der Waals surface area contributed by atoms with E-state index in [1.165, 1.54) is 11.3 Å². The highest BCUT2D eigenvalue weighted by atomic mass is 35.5. The van der Waals surface area contributed by atoms with E-state index in [9.17, 15) is 4.79 Å². The molecule has 0 aliphatic carbocycles. The Morgan fingerprint density at radius 2 is 1.79 bits per heavy atom. The highest BCUT2D eigenvalue weighted by molar-refractivity contribution is 7.15. The number of hydrogen-bond donors (Lipinski definition) is 1. The van der Waals surface area contributed by atoms with Crippen LogP contribution >= 0.6 is 46.1 Å². The van der Waals surface area contributed by atoms with Crippen molar-refractivity contribution in [2.75, 3.05) is 5.32 Å². The number of nitrogens with zero attached hydrogens (tertiary/aromatic N) is 1. The van der Waals surface area contributed by atoms with Crippen molar-refractivity contribution in [2.45, 2.75) is 6.42 Å². The average molecular weight is 464 g/mol. The molecule has 2 aromatic heterocycles. The zero-order valence-electron chi connectivity index (χ0n) is 14.8. The fourth-order valence-corrected chi connectivity index (χ4v) is 3.94. The van der Waals surface area contributed by atoms with Crippen LogP contribution in [0.2, 0.25) is 15.1 Å². The summed E-state index contributed by atoms with van der Waals surface area (Å²) in [6, 6.07) is 16.1. The van der Waals surface area contributed by atoms with E-state index < -0.39 is 0 Å². The van der Waals surface area contributed by atoms with Gasteiger partial charge in [-0.25, -0.2) is 4.98 Å². The van der Waals surface area contributed by atoms with Crippen LogP contribution < -0.4 is 5.32 Å². The molecule has 4 nitrogen and oxygen atoms in total. The number of anilines is 1. The van der Waals surface area contributed by atoms with Crippen LogP contribution in [0.5, 0.6) is 0 Å². The van der Waals surface area contributed by atoms with Crippen molar-refractivity contribution in [3.63, 3.8) is 0 Å². The van der Waals surface area contributed by atoms with Crippen LogP contribution in [0.25, 0.3) is 11.3 Å². The molecule has 4 aromatic rings. The molecule has 8 heteroatoms. The zero-order chi connectivity index (χ0) is 20.4. The second-order valence-electron chi connectivity index (χ2n) is 6.18. The fourth-order valence-electron chi connectivity index (χ4n) is 2.67. The first-order valence-corrected chi connectivity index (χ1v) is 10.5. The van der Waals surface area contributed by atoms with Crippen LogP contribution in [0.4, 0.5) is 5.13 Å². The lowest BCUT2D eigenvalue weighted by Gasteiger charge is -2.01. The first-order chi connectivity index (χ1) is 14.0. The maximum Gasteiger partial charge on any atom is 0.293 e. The lowest BCUT2D eigenvalue weighted by molar-refractivity contribution is 0.0997. The van der Waals surface area contributed by atoms with E-state index in [0.717, 1.165) is 16.0 Å². The predicted octanol–water partition coefficient (Wildman–Crippen LogP) is 7.21. The number of benzene rings is 2. The normalized spacial score (nSPS) is 10.9. The smallest absolute Gasteiger partial charge is 0.293 e. The summed E-state index contributed by atoms with van der Waals surface area (Å²) in [4.78, 5) is 17.8. The molecule has 0 aliphatic heterocycles. The molecule has 0 atom stereocenters. The van der Waals surface area contributed by atoms with Gasteiger partial charge in [0.05, 0.1) is 10.0 Å². The molecule has 4 rings (SSSR count). The van der Waals surface area contributed by atoms with Gasteiger partial charge in [-0.2, -0.15) is 0 Å². The van der Waals surface area contributed by atoms with E-state index in [1.807, 2.05) is 24.3 Å². The van der Waals surface area contributed by atoms with Crippen molar-refractivity contribution in [3.8, 4) is 11.3 Å². The highest BCUT2D eigenvalue weighted by Crippen LogP contribution is 2.30. The molecular formula is C21H13Cl3N2O2S. The third-order valence-electron chi connectivity index (χ3n) is 4.10. The van der Waals surface area contributed by atoms with Crippen LogP contribution in [-0.2, 0) is 6.42 Å². The van der Waals surface area contributed by atoms with E-state index in [1.54, 1.807) is 36.5 Å². The number of halogens is 3. The minimum absolute atomic E-state index is 0.181. The molecule has 0 radical (unpaired) electrons. The number of carbonyl (C=O) groups excluding carboxylic acids is 1. The van der Waals surface area contributed by atoms with Gasteiger partial charge in [0.2, 0.25) is 0 Å². The van der Waals surface area contributed by atoms with E-state index in [-0.39, 0.29) is 11.7 Å². The van der Waals surface area contributed by atoms with Gasteiger partial charge < -0.3 is 4.42 Å². The minimum atomic E-state index is -0.372. The van der Waals surface area contributed by atoms with Crippen molar-refractivity contribution in [1.82, 2.24) is 4.98 Å².